The minimum Gasteiger partial charge on any atom is -0.383 e. The van der Waals surface area contributed by atoms with Crippen molar-refractivity contribution in [2.24, 2.45) is 0 Å². The molecule has 3 rings (SSSR count). The number of hydrogen-bond acceptors (Lipinski definition) is 4. The van der Waals surface area contributed by atoms with Gasteiger partial charge < -0.3 is 5.73 Å². The summed E-state index contributed by atoms with van der Waals surface area (Å²) in [5, 5.41) is 9.96. The smallest absolute Gasteiger partial charge is 0.134 e. The van der Waals surface area contributed by atoms with Crippen LogP contribution in [0.4, 0.5) is 5.82 Å². The Hall–Kier alpha value is -2.93. The Kier molecular flexibility index (Phi) is 2.58. The van der Waals surface area contributed by atoms with Crippen LogP contribution in [0, 0.1) is 11.3 Å². The molecular weight excluding hydrogens is 236 g/mol. The highest BCUT2D eigenvalue weighted by molar-refractivity contribution is 5.95. The van der Waals surface area contributed by atoms with Crippen molar-refractivity contribution >= 4 is 16.7 Å². The van der Waals surface area contributed by atoms with E-state index in [0.717, 1.165) is 11.1 Å². The van der Waals surface area contributed by atoms with Crippen LogP contribution in [0.5, 0.6) is 0 Å². The predicted octanol–water partition coefficient (Wildman–Crippen LogP) is 2.75. The van der Waals surface area contributed by atoms with Crippen LogP contribution < -0.4 is 5.73 Å². The fraction of sp³-hybridized carbons (Fsp3) is 0. The summed E-state index contributed by atoms with van der Waals surface area (Å²) >= 11 is 0. The molecule has 0 spiro atoms. The molecule has 19 heavy (non-hydrogen) atoms. The molecule has 2 aromatic carbocycles. The van der Waals surface area contributed by atoms with E-state index >= 15 is 0 Å². The predicted molar refractivity (Wildman–Crippen MR) is 74.1 cm³/mol. The summed E-state index contributed by atoms with van der Waals surface area (Å²) in [6.45, 7) is 0. The van der Waals surface area contributed by atoms with E-state index in [4.69, 9.17) is 5.73 Å². The summed E-state index contributed by atoms with van der Waals surface area (Å²) in [6.07, 6.45) is 1.38. The zero-order valence-electron chi connectivity index (χ0n) is 10.0. The first kappa shape index (κ1) is 11.2. The van der Waals surface area contributed by atoms with Crippen molar-refractivity contribution in [3.63, 3.8) is 0 Å². The van der Waals surface area contributed by atoms with Gasteiger partial charge in [-0.2, -0.15) is 5.26 Å². The lowest BCUT2D eigenvalue weighted by molar-refractivity contribution is 1.23. The summed E-state index contributed by atoms with van der Waals surface area (Å²) in [6, 6.07) is 15.7. The van der Waals surface area contributed by atoms with Gasteiger partial charge in [0.1, 0.15) is 18.2 Å². The van der Waals surface area contributed by atoms with Crippen LogP contribution in [0.15, 0.2) is 48.8 Å². The Bertz CT molecular complexity index is 788. The number of nitrogens with two attached hydrogens (primary N) is 1. The molecule has 0 atom stereocenters. The minimum atomic E-state index is 0.388. The zero-order chi connectivity index (χ0) is 13.2. The van der Waals surface area contributed by atoms with Gasteiger partial charge in [0, 0.05) is 5.39 Å². The largest absolute Gasteiger partial charge is 0.383 e. The Labute approximate surface area is 110 Å². The fourth-order valence-electron chi connectivity index (χ4n) is 2.07. The summed E-state index contributed by atoms with van der Waals surface area (Å²) in [5.74, 6) is 0.388. The third-order valence-corrected chi connectivity index (χ3v) is 3.00. The van der Waals surface area contributed by atoms with E-state index in [1.807, 2.05) is 42.5 Å². The standard InChI is InChI=1S/C15H10N4/c16-8-12-6-11(10-4-2-1-3-5-10)7-13-14(12)18-9-19-15(13)17/h1-7,9H,(H2,17,18,19). The molecule has 4 heteroatoms. The molecule has 0 fully saturated rings. The monoisotopic (exact) mass is 246 g/mol. The quantitative estimate of drug-likeness (QED) is 0.716. The maximum atomic E-state index is 9.25. The van der Waals surface area contributed by atoms with E-state index < -0.39 is 0 Å². The van der Waals surface area contributed by atoms with Crippen molar-refractivity contribution in [1.29, 1.82) is 5.26 Å². The van der Waals surface area contributed by atoms with Crippen molar-refractivity contribution in [2.45, 2.75) is 0 Å². The number of aromatic nitrogens is 2. The lowest BCUT2D eigenvalue weighted by Gasteiger charge is -2.06. The SMILES string of the molecule is N#Cc1cc(-c2ccccc2)cc2c(N)ncnc12. The average Bonchev–Trinajstić information content (AvgIpc) is 2.48. The molecule has 0 bridgehead atoms. The first-order valence-electron chi connectivity index (χ1n) is 5.79. The van der Waals surface area contributed by atoms with Crippen LogP contribution in [0.25, 0.3) is 22.0 Å². The van der Waals surface area contributed by atoms with Gasteiger partial charge in [-0.05, 0) is 23.3 Å². The van der Waals surface area contributed by atoms with Crippen LogP contribution in [0.2, 0.25) is 0 Å². The van der Waals surface area contributed by atoms with E-state index in [9.17, 15) is 5.26 Å². The Morgan fingerprint density at radius 2 is 1.79 bits per heavy atom. The van der Waals surface area contributed by atoms with Crippen molar-refractivity contribution in [2.75, 3.05) is 5.73 Å². The van der Waals surface area contributed by atoms with Crippen molar-refractivity contribution in [3.8, 4) is 17.2 Å². The van der Waals surface area contributed by atoms with Crippen LogP contribution in [0.3, 0.4) is 0 Å². The maximum absolute atomic E-state index is 9.25. The van der Waals surface area contributed by atoms with Crippen LogP contribution in [0.1, 0.15) is 5.56 Å². The third kappa shape index (κ3) is 1.87. The summed E-state index contributed by atoms with van der Waals surface area (Å²) < 4.78 is 0. The molecule has 1 heterocycles. The molecule has 0 amide bonds. The molecule has 0 unspecified atom stereocenters. The normalized spacial score (nSPS) is 10.3. The molecule has 2 N–H and O–H groups in total. The second kappa shape index (κ2) is 4.39. The van der Waals surface area contributed by atoms with Gasteiger partial charge in [-0.3, -0.25) is 0 Å². The molecule has 3 aromatic rings. The Morgan fingerprint density at radius 3 is 2.53 bits per heavy atom. The lowest BCUT2D eigenvalue weighted by atomic mass is 10.0. The lowest BCUT2D eigenvalue weighted by Crippen LogP contribution is -1.95. The number of nitriles is 1. The molecule has 0 aliphatic heterocycles. The van der Waals surface area contributed by atoms with Gasteiger partial charge in [0.05, 0.1) is 11.1 Å². The zero-order valence-corrected chi connectivity index (χ0v) is 10.0. The molecule has 0 aliphatic rings. The van der Waals surface area contributed by atoms with Gasteiger partial charge in [-0.1, -0.05) is 30.3 Å². The highest BCUT2D eigenvalue weighted by Gasteiger charge is 2.09. The number of rotatable bonds is 1. The van der Waals surface area contributed by atoms with E-state index in [-0.39, 0.29) is 0 Å². The van der Waals surface area contributed by atoms with E-state index in [0.29, 0.717) is 22.3 Å². The third-order valence-electron chi connectivity index (χ3n) is 3.00. The van der Waals surface area contributed by atoms with E-state index in [1.165, 1.54) is 6.33 Å². The first-order chi connectivity index (χ1) is 9.29. The van der Waals surface area contributed by atoms with Crippen LogP contribution in [-0.2, 0) is 0 Å². The Morgan fingerprint density at radius 1 is 1.00 bits per heavy atom. The number of hydrogen-bond donors (Lipinski definition) is 1. The number of nitrogens with zero attached hydrogens (tertiary/aromatic N) is 3. The number of benzene rings is 2. The average molecular weight is 246 g/mol. The molecule has 4 nitrogen and oxygen atoms in total. The first-order valence-corrected chi connectivity index (χ1v) is 5.79. The summed E-state index contributed by atoms with van der Waals surface area (Å²) in [7, 11) is 0. The fourth-order valence-corrected chi connectivity index (χ4v) is 2.07. The summed E-state index contributed by atoms with van der Waals surface area (Å²) in [5.41, 5.74) is 8.93. The molecule has 90 valence electrons. The molecule has 0 aliphatic carbocycles. The topological polar surface area (TPSA) is 75.6 Å². The van der Waals surface area contributed by atoms with Gasteiger partial charge in [-0.25, -0.2) is 9.97 Å². The van der Waals surface area contributed by atoms with Crippen LogP contribution in [-0.4, -0.2) is 9.97 Å². The highest BCUT2D eigenvalue weighted by atomic mass is 14.9. The molecule has 1 aromatic heterocycles. The van der Waals surface area contributed by atoms with Gasteiger partial charge in [-0.15, -0.1) is 0 Å². The van der Waals surface area contributed by atoms with Gasteiger partial charge in [0.25, 0.3) is 0 Å². The highest BCUT2D eigenvalue weighted by Crippen LogP contribution is 2.28. The van der Waals surface area contributed by atoms with Gasteiger partial charge in [0.15, 0.2) is 0 Å². The maximum Gasteiger partial charge on any atom is 0.134 e. The molecular formula is C15H10N4. The van der Waals surface area contributed by atoms with Crippen molar-refractivity contribution in [1.82, 2.24) is 9.97 Å². The molecule has 0 radical (unpaired) electrons. The Balaban J connectivity index is 2.35. The number of fused-ring (bicyclic) bond motifs is 1. The molecule has 0 saturated carbocycles. The number of nitrogen functional groups attached to an aromatic ring is 1. The van der Waals surface area contributed by atoms with Gasteiger partial charge >= 0.3 is 0 Å². The van der Waals surface area contributed by atoms with Crippen molar-refractivity contribution < 1.29 is 0 Å². The van der Waals surface area contributed by atoms with Crippen molar-refractivity contribution in [3.05, 3.63) is 54.4 Å². The second-order valence-corrected chi connectivity index (χ2v) is 4.16. The van der Waals surface area contributed by atoms with Crippen LogP contribution >= 0.6 is 0 Å². The van der Waals surface area contributed by atoms with E-state index in [1.54, 1.807) is 0 Å². The number of anilines is 1. The van der Waals surface area contributed by atoms with E-state index in [2.05, 4.69) is 16.0 Å². The second-order valence-electron chi connectivity index (χ2n) is 4.16. The minimum absolute atomic E-state index is 0.388. The van der Waals surface area contributed by atoms with Gasteiger partial charge in [0.2, 0.25) is 0 Å². The molecule has 0 saturated heterocycles. The summed E-state index contributed by atoms with van der Waals surface area (Å²) in [4.78, 5) is 8.11.